The Morgan fingerprint density at radius 1 is 1.07 bits per heavy atom. The molecule has 3 aromatic carbocycles. The molecule has 1 atom stereocenters. The van der Waals surface area contributed by atoms with Gasteiger partial charge in [-0.15, -0.1) is 0 Å². The van der Waals surface area contributed by atoms with Crippen molar-refractivity contribution in [3.8, 4) is 5.75 Å². The molecular weight excluding hydrogens is 346 g/mol. The molecular formula is C21H19NO5. The van der Waals surface area contributed by atoms with Crippen molar-refractivity contribution in [1.82, 2.24) is 0 Å². The van der Waals surface area contributed by atoms with E-state index in [9.17, 15) is 14.9 Å². The molecule has 0 fully saturated rings. The summed E-state index contributed by atoms with van der Waals surface area (Å²) in [6.45, 7) is 1.83. The Bertz CT molecular complexity index is 982. The Hall–Kier alpha value is -3.41. The zero-order valence-electron chi connectivity index (χ0n) is 15.0. The molecule has 0 saturated carbocycles. The van der Waals surface area contributed by atoms with Crippen molar-refractivity contribution < 1.29 is 19.2 Å². The fourth-order valence-electron chi connectivity index (χ4n) is 3.01. The van der Waals surface area contributed by atoms with E-state index in [-0.39, 0.29) is 18.3 Å². The van der Waals surface area contributed by atoms with Crippen LogP contribution in [-0.2, 0) is 16.1 Å². The quantitative estimate of drug-likeness (QED) is 0.362. The third kappa shape index (κ3) is 3.89. The molecule has 3 aromatic rings. The summed E-state index contributed by atoms with van der Waals surface area (Å²) in [5.74, 6) is -0.277. The molecule has 6 nitrogen and oxygen atoms in total. The number of hydrogen-bond donors (Lipinski definition) is 0. The number of fused-ring (bicyclic) bond motifs is 1. The van der Waals surface area contributed by atoms with Gasteiger partial charge in [-0.05, 0) is 41.5 Å². The molecule has 0 radical (unpaired) electrons. The fraction of sp³-hybridized carbons (Fsp3) is 0.190. The smallest absolute Gasteiger partial charge is 0.313 e. The van der Waals surface area contributed by atoms with Gasteiger partial charge in [-0.3, -0.25) is 14.9 Å². The van der Waals surface area contributed by atoms with E-state index in [0.717, 1.165) is 16.3 Å². The van der Waals surface area contributed by atoms with Gasteiger partial charge in [-0.25, -0.2) is 0 Å². The van der Waals surface area contributed by atoms with E-state index in [1.807, 2.05) is 36.4 Å². The molecule has 0 bridgehead atoms. The highest BCUT2D eigenvalue weighted by Crippen LogP contribution is 2.34. The Kier molecular flexibility index (Phi) is 5.35. The Morgan fingerprint density at radius 3 is 2.44 bits per heavy atom. The van der Waals surface area contributed by atoms with Crippen molar-refractivity contribution in [3.63, 3.8) is 0 Å². The first kappa shape index (κ1) is 18.4. The second-order valence-electron chi connectivity index (χ2n) is 6.16. The lowest BCUT2D eigenvalue weighted by Crippen LogP contribution is -2.14. The molecule has 0 aromatic heterocycles. The normalized spacial score (nSPS) is 11.8. The van der Waals surface area contributed by atoms with Crippen LogP contribution >= 0.6 is 0 Å². The fourth-order valence-corrected chi connectivity index (χ4v) is 3.01. The molecule has 6 heteroatoms. The van der Waals surface area contributed by atoms with E-state index < -0.39 is 10.8 Å². The maximum absolute atomic E-state index is 12.6. The van der Waals surface area contributed by atoms with Crippen LogP contribution in [0.4, 0.5) is 5.69 Å². The monoisotopic (exact) mass is 365 g/mol. The number of carbonyl (C=O) groups is 1. The van der Waals surface area contributed by atoms with E-state index in [1.54, 1.807) is 26.2 Å². The number of nitro groups is 1. The molecule has 3 rings (SSSR count). The number of ether oxygens (including phenoxy) is 2. The predicted octanol–water partition coefficient (Wildman–Crippen LogP) is 4.60. The van der Waals surface area contributed by atoms with Crippen LogP contribution in [0.3, 0.4) is 0 Å². The number of hydrogen-bond acceptors (Lipinski definition) is 5. The van der Waals surface area contributed by atoms with Crippen molar-refractivity contribution in [3.05, 3.63) is 81.9 Å². The third-order valence-electron chi connectivity index (χ3n) is 4.47. The van der Waals surface area contributed by atoms with E-state index in [1.165, 1.54) is 12.1 Å². The molecule has 27 heavy (non-hydrogen) atoms. The summed E-state index contributed by atoms with van der Waals surface area (Å²) >= 11 is 0. The lowest BCUT2D eigenvalue weighted by atomic mass is 9.93. The number of carbonyl (C=O) groups excluding carboxylic acids is 1. The van der Waals surface area contributed by atoms with Gasteiger partial charge in [0.15, 0.2) is 0 Å². The number of methoxy groups -OCH3 is 1. The van der Waals surface area contributed by atoms with Gasteiger partial charge in [0.1, 0.15) is 12.4 Å². The first-order valence-electron chi connectivity index (χ1n) is 8.47. The predicted molar refractivity (Wildman–Crippen MR) is 102 cm³/mol. The number of nitro benzene ring substituents is 1. The van der Waals surface area contributed by atoms with E-state index in [2.05, 4.69) is 0 Å². The first-order chi connectivity index (χ1) is 13.0. The van der Waals surface area contributed by atoms with Gasteiger partial charge in [0.2, 0.25) is 0 Å². The highest BCUT2D eigenvalue weighted by molar-refractivity contribution is 5.93. The van der Waals surface area contributed by atoms with Crippen LogP contribution in [-0.4, -0.2) is 18.0 Å². The molecule has 0 saturated heterocycles. The van der Waals surface area contributed by atoms with Crippen LogP contribution in [0.5, 0.6) is 5.75 Å². The van der Waals surface area contributed by atoms with Gasteiger partial charge < -0.3 is 9.47 Å². The maximum Gasteiger partial charge on any atom is 0.313 e. The van der Waals surface area contributed by atoms with Crippen molar-refractivity contribution in [1.29, 1.82) is 0 Å². The Balaban J connectivity index is 1.79. The minimum Gasteiger partial charge on any atom is -0.496 e. The molecule has 0 unspecified atom stereocenters. The second kappa shape index (κ2) is 7.86. The third-order valence-corrected chi connectivity index (χ3v) is 4.47. The number of non-ortho nitro benzene ring substituents is 1. The van der Waals surface area contributed by atoms with Gasteiger partial charge >= 0.3 is 5.97 Å². The summed E-state index contributed by atoms with van der Waals surface area (Å²) in [5.41, 5.74) is 1.47. The van der Waals surface area contributed by atoms with Crippen molar-refractivity contribution in [2.24, 2.45) is 0 Å². The van der Waals surface area contributed by atoms with Gasteiger partial charge in [0.05, 0.1) is 18.0 Å². The minimum absolute atomic E-state index is 0.000985. The highest BCUT2D eigenvalue weighted by Gasteiger charge is 2.23. The van der Waals surface area contributed by atoms with Crippen molar-refractivity contribution in [2.75, 3.05) is 7.11 Å². The lowest BCUT2D eigenvalue weighted by molar-refractivity contribution is -0.384. The standard InChI is InChI=1S/C21H19NO5/c1-14(20-18-6-4-3-5-16(18)9-12-19(20)26-2)21(23)27-13-15-7-10-17(11-8-15)22(24)25/h3-12,14H,13H2,1-2H3/t14-/m0/s1. The number of nitrogens with zero attached hydrogens (tertiary/aromatic N) is 1. The first-order valence-corrected chi connectivity index (χ1v) is 8.47. The van der Waals surface area contributed by atoms with Gasteiger partial charge in [-0.1, -0.05) is 30.3 Å². The summed E-state index contributed by atoms with van der Waals surface area (Å²) in [4.78, 5) is 22.9. The maximum atomic E-state index is 12.6. The van der Waals surface area contributed by atoms with Crippen molar-refractivity contribution in [2.45, 2.75) is 19.4 Å². The van der Waals surface area contributed by atoms with E-state index in [4.69, 9.17) is 9.47 Å². The summed E-state index contributed by atoms with van der Waals surface area (Å²) in [5, 5.41) is 12.7. The molecule has 138 valence electrons. The second-order valence-corrected chi connectivity index (χ2v) is 6.16. The molecule has 0 amide bonds. The topological polar surface area (TPSA) is 78.7 Å². The van der Waals surface area contributed by atoms with Crippen LogP contribution in [0.1, 0.15) is 24.0 Å². The summed E-state index contributed by atoms with van der Waals surface area (Å²) in [6, 6.07) is 17.5. The van der Waals surface area contributed by atoms with E-state index in [0.29, 0.717) is 11.3 Å². The summed E-state index contributed by atoms with van der Waals surface area (Å²) in [7, 11) is 1.57. The van der Waals surface area contributed by atoms with Crippen LogP contribution in [0.2, 0.25) is 0 Å². The molecule has 0 aliphatic carbocycles. The van der Waals surface area contributed by atoms with Crippen LogP contribution < -0.4 is 4.74 Å². The molecule has 0 aliphatic rings. The molecule has 0 heterocycles. The van der Waals surface area contributed by atoms with Gasteiger partial charge in [0.25, 0.3) is 5.69 Å². The minimum atomic E-state index is -0.524. The van der Waals surface area contributed by atoms with Crippen molar-refractivity contribution >= 4 is 22.4 Å². The van der Waals surface area contributed by atoms with Crippen LogP contribution in [0.15, 0.2) is 60.7 Å². The number of benzene rings is 3. The Morgan fingerprint density at radius 2 is 1.78 bits per heavy atom. The molecule has 0 N–H and O–H groups in total. The van der Waals surface area contributed by atoms with Gasteiger partial charge in [-0.2, -0.15) is 0 Å². The summed E-state index contributed by atoms with van der Waals surface area (Å²) in [6.07, 6.45) is 0. The molecule has 0 aliphatic heterocycles. The Labute approximate surface area is 156 Å². The number of rotatable bonds is 6. The SMILES string of the molecule is COc1ccc2ccccc2c1[C@H](C)C(=O)OCc1ccc([N+](=O)[O-])cc1. The van der Waals surface area contributed by atoms with Crippen LogP contribution in [0.25, 0.3) is 10.8 Å². The lowest BCUT2D eigenvalue weighted by Gasteiger charge is -2.17. The largest absolute Gasteiger partial charge is 0.496 e. The zero-order valence-corrected chi connectivity index (χ0v) is 15.0. The molecule has 0 spiro atoms. The van der Waals surface area contributed by atoms with Crippen LogP contribution in [0, 0.1) is 10.1 Å². The average Bonchev–Trinajstić information content (AvgIpc) is 2.70. The average molecular weight is 365 g/mol. The van der Waals surface area contributed by atoms with Gasteiger partial charge in [0, 0.05) is 17.7 Å². The van der Waals surface area contributed by atoms with E-state index >= 15 is 0 Å². The zero-order chi connectivity index (χ0) is 19.4. The highest BCUT2D eigenvalue weighted by atomic mass is 16.6. The number of esters is 1. The summed E-state index contributed by atoms with van der Waals surface area (Å²) < 4.78 is 10.9.